The second-order valence-electron chi connectivity index (χ2n) is 3.31. The van der Waals surface area contributed by atoms with Crippen molar-refractivity contribution in [1.29, 1.82) is 0 Å². The average molecular weight is 225 g/mol. The highest BCUT2D eigenvalue weighted by atomic mass is 16.5. The number of aliphatic carboxylic acids is 1. The van der Waals surface area contributed by atoms with Gasteiger partial charge in [-0.1, -0.05) is 18.2 Å². The van der Waals surface area contributed by atoms with Crippen LogP contribution in [0.5, 0.6) is 0 Å². The van der Waals surface area contributed by atoms with E-state index in [1.54, 1.807) is 11.0 Å². The normalized spacial score (nSPS) is 10.6. The van der Waals surface area contributed by atoms with Crippen LogP contribution in [0.4, 0.5) is 0 Å². The van der Waals surface area contributed by atoms with Crippen LogP contribution < -0.4 is 0 Å². The molecular weight excluding hydrogens is 210 g/mol. The molecule has 0 spiro atoms. The Labute approximate surface area is 93.6 Å². The van der Waals surface area contributed by atoms with Crippen molar-refractivity contribution in [3.63, 3.8) is 0 Å². The molecule has 6 heteroatoms. The standard InChI is InChI=1S/C10H15N3O3/c1-3-5-13(7-10(14)15)6-9-11-8(4-2)12-16-9/h3H,1,4-7H2,2H3,(H,14,15). The maximum absolute atomic E-state index is 10.6. The Kier molecular flexibility index (Phi) is 4.65. The van der Waals surface area contributed by atoms with Crippen molar-refractivity contribution in [2.45, 2.75) is 19.9 Å². The molecule has 88 valence electrons. The summed E-state index contributed by atoms with van der Waals surface area (Å²) in [6.07, 6.45) is 2.34. The minimum absolute atomic E-state index is 0.0736. The monoisotopic (exact) mass is 225 g/mol. The first-order valence-corrected chi connectivity index (χ1v) is 5.02. The SMILES string of the molecule is C=CCN(CC(=O)O)Cc1nc(CC)no1. The molecule has 1 N–H and O–H groups in total. The van der Waals surface area contributed by atoms with E-state index in [1.165, 1.54) is 0 Å². The van der Waals surface area contributed by atoms with Crippen LogP contribution in [0.3, 0.4) is 0 Å². The maximum Gasteiger partial charge on any atom is 0.317 e. The zero-order valence-electron chi connectivity index (χ0n) is 9.22. The highest BCUT2D eigenvalue weighted by Crippen LogP contribution is 2.03. The summed E-state index contributed by atoms with van der Waals surface area (Å²) in [6.45, 7) is 6.21. The molecule has 0 atom stereocenters. The molecule has 0 radical (unpaired) electrons. The first-order chi connectivity index (χ1) is 7.65. The zero-order valence-corrected chi connectivity index (χ0v) is 9.22. The highest BCUT2D eigenvalue weighted by molar-refractivity contribution is 5.69. The number of hydrogen-bond acceptors (Lipinski definition) is 5. The van der Waals surface area contributed by atoms with E-state index in [1.807, 2.05) is 6.92 Å². The topological polar surface area (TPSA) is 79.5 Å². The summed E-state index contributed by atoms with van der Waals surface area (Å²) in [5.74, 6) is 0.168. The molecule has 0 saturated carbocycles. The van der Waals surface area contributed by atoms with Gasteiger partial charge in [0.2, 0.25) is 5.89 Å². The van der Waals surface area contributed by atoms with Crippen molar-refractivity contribution in [1.82, 2.24) is 15.0 Å². The second kappa shape index (κ2) is 6.02. The van der Waals surface area contributed by atoms with Crippen molar-refractivity contribution in [3.05, 3.63) is 24.4 Å². The Balaban J connectivity index is 2.59. The Morgan fingerprint density at radius 2 is 2.44 bits per heavy atom. The van der Waals surface area contributed by atoms with Crippen LogP contribution in [0.25, 0.3) is 0 Å². The number of hydrogen-bond donors (Lipinski definition) is 1. The summed E-state index contributed by atoms with van der Waals surface area (Å²) in [4.78, 5) is 16.4. The number of aryl methyl sites for hydroxylation is 1. The fourth-order valence-corrected chi connectivity index (χ4v) is 1.25. The molecule has 0 aliphatic heterocycles. The second-order valence-corrected chi connectivity index (χ2v) is 3.31. The fourth-order valence-electron chi connectivity index (χ4n) is 1.25. The predicted molar refractivity (Wildman–Crippen MR) is 56.8 cm³/mol. The van der Waals surface area contributed by atoms with E-state index >= 15 is 0 Å². The van der Waals surface area contributed by atoms with Gasteiger partial charge in [-0.05, 0) is 0 Å². The summed E-state index contributed by atoms with van der Waals surface area (Å²) in [6, 6.07) is 0. The largest absolute Gasteiger partial charge is 0.480 e. The minimum Gasteiger partial charge on any atom is -0.480 e. The predicted octanol–water partition coefficient (Wildman–Crippen LogP) is 0.705. The van der Waals surface area contributed by atoms with Gasteiger partial charge in [0.25, 0.3) is 0 Å². The third kappa shape index (κ3) is 3.82. The van der Waals surface area contributed by atoms with Crippen molar-refractivity contribution < 1.29 is 14.4 Å². The molecule has 1 rings (SSSR count). The summed E-state index contributed by atoms with van der Waals surface area (Å²) >= 11 is 0. The first kappa shape index (κ1) is 12.4. The van der Waals surface area contributed by atoms with E-state index in [0.29, 0.717) is 31.2 Å². The number of carboxylic acids is 1. The van der Waals surface area contributed by atoms with Crippen LogP contribution in [0.2, 0.25) is 0 Å². The lowest BCUT2D eigenvalue weighted by molar-refractivity contribution is -0.138. The first-order valence-electron chi connectivity index (χ1n) is 5.02. The number of nitrogens with zero attached hydrogens (tertiary/aromatic N) is 3. The number of rotatable bonds is 7. The molecule has 1 aromatic heterocycles. The van der Waals surface area contributed by atoms with Gasteiger partial charge in [-0.15, -0.1) is 6.58 Å². The Hall–Kier alpha value is -1.69. The number of aromatic nitrogens is 2. The van der Waals surface area contributed by atoms with E-state index in [-0.39, 0.29) is 6.54 Å². The number of carboxylic acid groups (broad SMARTS) is 1. The van der Waals surface area contributed by atoms with Gasteiger partial charge in [-0.2, -0.15) is 4.98 Å². The van der Waals surface area contributed by atoms with Crippen molar-refractivity contribution in [3.8, 4) is 0 Å². The fraction of sp³-hybridized carbons (Fsp3) is 0.500. The van der Waals surface area contributed by atoms with Crippen LogP contribution in [0.15, 0.2) is 17.2 Å². The van der Waals surface area contributed by atoms with E-state index in [9.17, 15) is 4.79 Å². The molecule has 6 nitrogen and oxygen atoms in total. The quantitative estimate of drug-likeness (QED) is 0.688. The van der Waals surface area contributed by atoms with Crippen LogP contribution in [0.1, 0.15) is 18.6 Å². The van der Waals surface area contributed by atoms with Crippen molar-refractivity contribution in [2.24, 2.45) is 0 Å². The van der Waals surface area contributed by atoms with E-state index in [4.69, 9.17) is 9.63 Å². The van der Waals surface area contributed by atoms with Crippen LogP contribution >= 0.6 is 0 Å². The molecule has 0 aliphatic carbocycles. The summed E-state index contributed by atoms with van der Waals surface area (Å²) in [7, 11) is 0. The highest BCUT2D eigenvalue weighted by Gasteiger charge is 2.13. The zero-order chi connectivity index (χ0) is 12.0. The van der Waals surface area contributed by atoms with Gasteiger partial charge >= 0.3 is 5.97 Å². The van der Waals surface area contributed by atoms with Gasteiger partial charge in [0.15, 0.2) is 5.82 Å². The molecule has 0 saturated heterocycles. The summed E-state index contributed by atoms with van der Waals surface area (Å²) < 4.78 is 4.98. The molecule has 0 aromatic carbocycles. The van der Waals surface area contributed by atoms with E-state index in [0.717, 1.165) is 0 Å². The number of carbonyl (C=O) groups is 1. The van der Waals surface area contributed by atoms with Crippen molar-refractivity contribution in [2.75, 3.05) is 13.1 Å². The van der Waals surface area contributed by atoms with E-state index in [2.05, 4.69) is 16.7 Å². The third-order valence-corrected chi connectivity index (χ3v) is 1.93. The maximum atomic E-state index is 10.6. The van der Waals surface area contributed by atoms with Gasteiger partial charge in [-0.25, -0.2) is 0 Å². The summed E-state index contributed by atoms with van der Waals surface area (Å²) in [5, 5.41) is 12.4. The smallest absolute Gasteiger partial charge is 0.317 e. The lowest BCUT2D eigenvalue weighted by atomic mass is 10.4. The van der Waals surface area contributed by atoms with Gasteiger partial charge < -0.3 is 9.63 Å². The molecule has 1 heterocycles. The van der Waals surface area contributed by atoms with E-state index < -0.39 is 5.97 Å². The Bertz CT molecular complexity index is 362. The minimum atomic E-state index is -0.892. The van der Waals surface area contributed by atoms with Gasteiger partial charge in [-0.3, -0.25) is 9.69 Å². The molecule has 0 unspecified atom stereocenters. The average Bonchev–Trinajstić information content (AvgIpc) is 2.65. The molecular formula is C10H15N3O3. The molecule has 0 aliphatic rings. The van der Waals surface area contributed by atoms with Crippen LogP contribution in [0, 0.1) is 0 Å². The summed E-state index contributed by atoms with van der Waals surface area (Å²) in [5.41, 5.74) is 0. The third-order valence-electron chi connectivity index (χ3n) is 1.93. The Morgan fingerprint density at radius 1 is 1.69 bits per heavy atom. The molecule has 0 fully saturated rings. The molecule has 0 bridgehead atoms. The lowest BCUT2D eigenvalue weighted by Crippen LogP contribution is -2.29. The van der Waals surface area contributed by atoms with Gasteiger partial charge in [0.1, 0.15) is 0 Å². The van der Waals surface area contributed by atoms with Gasteiger partial charge in [0, 0.05) is 13.0 Å². The van der Waals surface area contributed by atoms with Crippen molar-refractivity contribution >= 4 is 5.97 Å². The van der Waals surface area contributed by atoms with Crippen LogP contribution in [-0.4, -0.2) is 39.2 Å². The lowest BCUT2D eigenvalue weighted by Gasteiger charge is -2.15. The van der Waals surface area contributed by atoms with Crippen LogP contribution in [-0.2, 0) is 17.8 Å². The molecule has 16 heavy (non-hydrogen) atoms. The van der Waals surface area contributed by atoms with Gasteiger partial charge in [0.05, 0.1) is 13.1 Å². The molecule has 0 amide bonds. The Morgan fingerprint density at radius 3 is 2.94 bits per heavy atom. The molecule has 1 aromatic rings.